The summed E-state index contributed by atoms with van der Waals surface area (Å²) in [4.78, 5) is 11.3. The van der Waals surface area contributed by atoms with Gasteiger partial charge >= 0.3 is 11.9 Å². The molecule has 144 valence electrons. The number of hydrogen-bond donors (Lipinski definition) is 1. The van der Waals surface area contributed by atoms with Crippen molar-refractivity contribution >= 4 is 38.4 Å². The highest BCUT2D eigenvalue weighted by molar-refractivity contribution is 7.92. The second-order valence-electron chi connectivity index (χ2n) is 5.81. The molecule has 1 N–H and O–H groups in total. The SMILES string of the molecule is Cc1cc2c(cc1S(=O)(=O)Nc1ccc(Cl)cc1C(F)(F)F)oc(=O)n2C. The van der Waals surface area contributed by atoms with Gasteiger partial charge < -0.3 is 4.42 Å². The molecule has 0 aliphatic rings. The van der Waals surface area contributed by atoms with Gasteiger partial charge in [0.1, 0.15) is 0 Å². The van der Waals surface area contributed by atoms with Crippen LogP contribution in [0.1, 0.15) is 11.1 Å². The van der Waals surface area contributed by atoms with E-state index < -0.39 is 33.2 Å². The number of anilines is 1. The van der Waals surface area contributed by atoms with Gasteiger partial charge in [0.25, 0.3) is 10.0 Å². The fourth-order valence-corrected chi connectivity index (χ4v) is 4.08. The first kappa shape index (κ1) is 19.3. The van der Waals surface area contributed by atoms with Crippen molar-refractivity contribution in [3.63, 3.8) is 0 Å². The number of benzene rings is 2. The number of hydrogen-bond acceptors (Lipinski definition) is 4. The predicted molar refractivity (Wildman–Crippen MR) is 93.5 cm³/mol. The number of aromatic nitrogens is 1. The first-order valence-electron chi connectivity index (χ1n) is 7.40. The molecule has 0 saturated carbocycles. The van der Waals surface area contributed by atoms with E-state index in [-0.39, 0.29) is 21.1 Å². The molecule has 0 bridgehead atoms. The van der Waals surface area contributed by atoms with Crippen LogP contribution in [0.15, 0.2) is 44.4 Å². The maximum atomic E-state index is 13.2. The minimum absolute atomic E-state index is 0.000580. The Hall–Kier alpha value is -2.46. The van der Waals surface area contributed by atoms with Gasteiger partial charge in [0.05, 0.1) is 21.7 Å². The van der Waals surface area contributed by atoms with Gasteiger partial charge in [-0.15, -0.1) is 0 Å². The van der Waals surface area contributed by atoms with Gasteiger partial charge in [-0.25, -0.2) is 13.2 Å². The summed E-state index contributed by atoms with van der Waals surface area (Å²) in [5, 5.41) is -0.186. The zero-order valence-electron chi connectivity index (χ0n) is 13.9. The van der Waals surface area contributed by atoms with Crippen molar-refractivity contribution in [1.29, 1.82) is 0 Å². The topological polar surface area (TPSA) is 81.3 Å². The third-order valence-electron chi connectivity index (χ3n) is 3.91. The zero-order chi connectivity index (χ0) is 20.1. The van der Waals surface area contributed by atoms with E-state index in [0.717, 1.165) is 18.2 Å². The van der Waals surface area contributed by atoms with Gasteiger partial charge in [0.2, 0.25) is 0 Å². The number of sulfonamides is 1. The Balaban J connectivity index is 2.13. The molecule has 2 aromatic carbocycles. The minimum Gasteiger partial charge on any atom is -0.408 e. The molecule has 0 aliphatic heterocycles. The molecule has 3 rings (SSSR count). The molecule has 11 heteroatoms. The molecule has 0 atom stereocenters. The van der Waals surface area contributed by atoms with Gasteiger partial charge in [-0.05, 0) is 36.8 Å². The summed E-state index contributed by atoms with van der Waals surface area (Å²) in [6.45, 7) is 1.46. The predicted octanol–water partition coefficient (Wildman–Crippen LogP) is 3.91. The van der Waals surface area contributed by atoms with E-state index >= 15 is 0 Å². The summed E-state index contributed by atoms with van der Waals surface area (Å²) >= 11 is 5.60. The van der Waals surface area contributed by atoms with Crippen LogP contribution < -0.4 is 10.5 Å². The average molecular weight is 421 g/mol. The fourth-order valence-electron chi connectivity index (χ4n) is 2.59. The Morgan fingerprint density at radius 3 is 2.48 bits per heavy atom. The number of oxazole rings is 1. The van der Waals surface area contributed by atoms with Crippen molar-refractivity contribution in [1.82, 2.24) is 4.57 Å². The summed E-state index contributed by atoms with van der Waals surface area (Å²) in [5.74, 6) is -0.691. The molecule has 0 amide bonds. The number of nitrogens with one attached hydrogen (secondary N) is 1. The first-order valence-corrected chi connectivity index (χ1v) is 9.26. The Morgan fingerprint density at radius 2 is 1.85 bits per heavy atom. The van der Waals surface area contributed by atoms with Crippen LogP contribution in [0.25, 0.3) is 11.1 Å². The van der Waals surface area contributed by atoms with Gasteiger partial charge in [-0.1, -0.05) is 11.6 Å². The second-order valence-corrected chi connectivity index (χ2v) is 7.89. The van der Waals surface area contributed by atoms with E-state index in [0.29, 0.717) is 11.6 Å². The third kappa shape index (κ3) is 3.54. The van der Waals surface area contributed by atoms with E-state index in [4.69, 9.17) is 16.0 Å². The Bertz CT molecular complexity index is 1210. The van der Waals surface area contributed by atoms with Crippen molar-refractivity contribution < 1.29 is 26.0 Å². The maximum absolute atomic E-state index is 13.2. The molecular formula is C16H12ClF3N2O4S. The number of aryl methyl sites for hydroxylation is 2. The quantitative estimate of drug-likeness (QED) is 0.696. The lowest BCUT2D eigenvalue weighted by molar-refractivity contribution is -0.136. The molecule has 0 fully saturated rings. The zero-order valence-corrected chi connectivity index (χ0v) is 15.5. The fraction of sp³-hybridized carbons (Fsp3) is 0.188. The molecule has 0 saturated heterocycles. The van der Waals surface area contributed by atoms with Crippen LogP contribution in [0.4, 0.5) is 18.9 Å². The number of fused-ring (bicyclic) bond motifs is 1. The van der Waals surface area contributed by atoms with Crippen molar-refractivity contribution in [3.05, 3.63) is 57.0 Å². The van der Waals surface area contributed by atoms with Gasteiger partial charge in [0.15, 0.2) is 5.58 Å². The van der Waals surface area contributed by atoms with Gasteiger partial charge in [-0.3, -0.25) is 9.29 Å². The monoisotopic (exact) mass is 420 g/mol. The lowest BCUT2D eigenvalue weighted by atomic mass is 10.2. The average Bonchev–Trinajstić information content (AvgIpc) is 2.82. The van der Waals surface area contributed by atoms with E-state index in [1.54, 1.807) is 0 Å². The van der Waals surface area contributed by atoms with E-state index in [1.807, 2.05) is 4.72 Å². The molecule has 0 spiro atoms. The minimum atomic E-state index is -4.81. The number of halogens is 4. The third-order valence-corrected chi connectivity index (χ3v) is 5.65. The molecule has 27 heavy (non-hydrogen) atoms. The van der Waals surface area contributed by atoms with E-state index in [2.05, 4.69) is 0 Å². The Kier molecular flexibility index (Phi) is 4.51. The standard InChI is InChI=1S/C16H12ClF3N2O4S/c1-8-5-12-13(26-15(23)22(12)2)7-14(8)27(24,25)21-11-4-3-9(17)6-10(11)16(18,19)20/h3-7,21H,1-2H3. The number of nitrogens with zero attached hydrogens (tertiary/aromatic N) is 1. The maximum Gasteiger partial charge on any atom is 0.419 e. The van der Waals surface area contributed by atoms with Crippen LogP contribution in [-0.2, 0) is 23.2 Å². The van der Waals surface area contributed by atoms with Crippen LogP contribution in [-0.4, -0.2) is 13.0 Å². The molecule has 0 aliphatic carbocycles. The molecule has 3 aromatic rings. The molecule has 1 heterocycles. The van der Waals surface area contributed by atoms with Crippen molar-refractivity contribution in [2.24, 2.45) is 7.05 Å². The number of alkyl halides is 3. The summed E-state index contributed by atoms with van der Waals surface area (Å²) in [7, 11) is -2.95. The first-order chi connectivity index (χ1) is 12.4. The molecule has 1 aromatic heterocycles. The van der Waals surface area contributed by atoms with E-state index in [9.17, 15) is 26.4 Å². The highest BCUT2D eigenvalue weighted by Crippen LogP contribution is 2.37. The van der Waals surface area contributed by atoms with Gasteiger partial charge in [0, 0.05) is 18.1 Å². The van der Waals surface area contributed by atoms with Crippen LogP contribution in [0.3, 0.4) is 0 Å². The molecular weight excluding hydrogens is 409 g/mol. The van der Waals surface area contributed by atoms with Crippen molar-refractivity contribution in [2.45, 2.75) is 18.0 Å². The van der Waals surface area contributed by atoms with Crippen LogP contribution in [0, 0.1) is 6.92 Å². The lowest BCUT2D eigenvalue weighted by Gasteiger charge is -2.16. The van der Waals surface area contributed by atoms with E-state index in [1.165, 1.54) is 24.6 Å². The van der Waals surface area contributed by atoms with Crippen LogP contribution >= 0.6 is 11.6 Å². The highest BCUT2D eigenvalue weighted by Gasteiger charge is 2.35. The molecule has 0 radical (unpaired) electrons. The Morgan fingerprint density at radius 1 is 1.19 bits per heavy atom. The van der Waals surface area contributed by atoms with Gasteiger partial charge in [-0.2, -0.15) is 13.2 Å². The Labute approximate surface area is 156 Å². The van der Waals surface area contributed by atoms with Crippen molar-refractivity contribution in [2.75, 3.05) is 4.72 Å². The normalized spacial score (nSPS) is 12.5. The summed E-state index contributed by atoms with van der Waals surface area (Å²) in [6.07, 6.45) is -4.81. The smallest absolute Gasteiger partial charge is 0.408 e. The summed E-state index contributed by atoms with van der Waals surface area (Å²) in [5.41, 5.74) is -1.29. The highest BCUT2D eigenvalue weighted by atomic mass is 35.5. The van der Waals surface area contributed by atoms with Crippen LogP contribution in [0.2, 0.25) is 5.02 Å². The van der Waals surface area contributed by atoms with Crippen LogP contribution in [0.5, 0.6) is 0 Å². The second kappa shape index (κ2) is 6.31. The van der Waals surface area contributed by atoms with Crippen molar-refractivity contribution in [3.8, 4) is 0 Å². The molecule has 0 unspecified atom stereocenters. The molecule has 6 nitrogen and oxygen atoms in total. The summed E-state index contributed by atoms with van der Waals surface area (Å²) < 4.78 is 73.0. The summed E-state index contributed by atoms with van der Waals surface area (Å²) in [6, 6.07) is 5.20. The number of rotatable bonds is 3. The largest absolute Gasteiger partial charge is 0.419 e. The lowest BCUT2D eigenvalue weighted by Crippen LogP contribution is -2.18.